The summed E-state index contributed by atoms with van der Waals surface area (Å²) in [6.45, 7) is 6.00. The van der Waals surface area contributed by atoms with Gasteiger partial charge in [0.2, 0.25) is 15.9 Å². The van der Waals surface area contributed by atoms with Gasteiger partial charge in [0.05, 0.1) is 17.1 Å². The monoisotopic (exact) mass is 312 g/mol. The standard InChI is InChI=1S/C14H20N2O4S/c1-4-10-8-16(14(17)9(2)3)12-7-11(21(15,18)19)5-6-13(12)20-10/h5-7,9-10H,4,8H2,1-3H3,(H2,15,18,19). The van der Waals surface area contributed by atoms with E-state index in [4.69, 9.17) is 9.88 Å². The molecule has 1 aromatic rings. The molecule has 6 nitrogen and oxygen atoms in total. The Morgan fingerprint density at radius 3 is 2.67 bits per heavy atom. The number of carbonyl (C=O) groups excluding carboxylic acids is 1. The lowest BCUT2D eigenvalue weighted by atomic mass is 10.1. The Hall–Kier alpha value is -1.60. The lowest BCUT2D eigenvalue weighted by Crippen LogP contribution is -2.45. The molecule has 0 aromatic heterocycles. The summed E-state index contributed by atoms with van der Waals surface area (Å²) in [7, 11) is -3.82. The van der Waals surface area contributed by atoms with Crippen LogP contribution in [-0.4, -0.2) is 27.0 Å². The second-order valence-electron chi connectivity index (χ2n) is 5.43. The van der Waals surface area contributed by atoms with Crippen LogP contribution in [-0.2, 0) is 14.8 Å². The van der Waals surface area contributed by atoms with Crippen molar-refractivity contribution in [2.24, 2.45) is 11.1 Å². The molecule has 1 heterocycles. The maximum Gasteiger partial charge on any atom is 0.238 e. The van der Waals surface area contributed by atoms with E-state index in [1.165, 1.54) is 12.1 Å². The number of ether oxygens (including phenoxy) is 1. The second-order valence-corrected chi connectivity index (χ2v) is 6.99. The maximum absolute atomic E-state index is 12.4. The first-order valence-corrected chi connectivity index (χ1v) is 8.43. The Kier molecular flexibility index (Phi) is 4.25. The van der Waals surface area contributed by atoms with Crippen molar-refractivity contribution in [1.29, 1.82) is 0 Å². The molecule has 21 heavy (non-hydrogen) atoms. The first-order valence-electron chi connectivity index (χ1n) is 6.89. The summed E-state index contributed by atoms with van der Waals surface area (Å²) < 4.78 is 28.7. The Bertz CT molecular complexity index is 655. The third kappa shape index (κ3) is 3.19. The summed E-state index contributed by atoms with van der Waals surface area (Å²) in [5.41, 5.74) is 0.463. The molecule has 2 N–H and O–H groups in total. The largest absolute Gasteiger partial charge is 0.486 e. The third-order valence-corrected chi connectivity index (χ3v) is 4.36. The summed E-state index contributed by atoms with van der Waals surface area (Å²) in [6, 6.07) is 4.35. The molecule has 0 saturated carbocycles. The van der Waals surface area contributed by atoms with Gasteiger partial charge >= 0.3 is 0 Å². The maximum atomic E-state index is 12.4. The minimum atomic E-state index is -3.82. The fourth-order valence-electron chi connectivity index (χ4n) is 2.24. The highest BCUT2D eigenvalue weighted by atomic mass is 32.2. The molecule has 0 aliphatic carbocycles. The van der Waals surface area contributed by atoms with Crippen LogP contribution in [0, 0.1) is 5.92 Å². The molecule has 1 aromatic carbocycles. The summed E-state index contributed by atoms with van der Waals surface area (Å²) in [4.78, 5) is 13.9. The van der Waals surface area contributed by atoms with Gasteiger partial charge < -0.3 is 9.64 Å². The van der Waals surface area contributed by atoms with Crippen molar-refractivity contribution in [3.8, 4) is 5.75 Å². The lowest BCUT2D eigenvalue weighted by molar-refractivity contribution is -0.121. The van der Waals surface area contributed by atoms with Crippen molar-refractivity contribution in [2.45, 2.75) is 38.2 Å². The van der Waals surface area contributed by atoms with Crippen LogP contribution in [0.4, 0.5) is 5.69 Å². The Morgan fingerprint density at radius 2 is 2.14 bits per heavy atom. The van der Waals surface area contributed by atoms with Gasteiger partial charge in [-0.3, -0.25) is 4.79 Å². The van der Waals surface area contributed by atoms with Crippen LogP contribution in [0.5, 0.6) is 5.75 Å². The average molecular weight is 312 g/mol. The van der Waals surface area contributed by atoms with Crippen molar-refractivity contribution >= 4 is 21.6 Å². The number of amides is 1. The normalized spacial score (nSPS) is 18.3. The van der Waals surface area contributed by atoms with Crippen LogP contribution in [0.1, 0.15) is 27.2 Å². The zero-order valence-corrected chi connectivity index (χ0v) is 13.2. The quantitative estimate of drug-likeness (QED) is 0.915. The minimum Gasteiger partial charge on any atom is -0.486 e. The molecular weight excluding hydrogens is 292 g/mol. The molecule has 1 aliphatic heterocycles. The number of hydrogen-bond acceptors (Lipinski definition) is 4. The summed E-state index contributed by atoms with van der Waals surface area (Å²) in [6.07, 6.45) is 0.665. The van der Waals surface area contributed by atoms with Crippen molar-refractivity contribution in [3.05, 3.63) is 18.2 Å². The predicted molar refractivity (Wildman–Crippen MR) is 79.7 cm³/mol. The topological polar surface area (TPSA) is 89.7 Å². The lowest BCUT2D eigenvalue weighted by Gasteiger charge is -2.35. The number of fused-ring (bicyclic) bond motifs is 1. The van der Waals surface area contributed by atoms with Crippen LogP contribution >= 0.6 is 0 Å². The van der Waals surface area contributed by atoms with Gasteiger partial charge in [0.15, 0.2) is 0 Å². The molecule has 1 aliphatic rings. The summed E-state index contributed by atoms with van der Waals surface area (Å²) in [5.74, 6) is 0.255. The SMILES string of the molecule is CCC1CN(C(=O)C(C)C)c2cc(S(N)(=O)=O)ccc2O1. The van der Waals surface area contributed by atoms with Gasteiger partial charge in [-0.05, 0) is 24.6 Å². The molecule has 0 fully saturated rings. The number of nitrogens with two attached hydrogens (primary N) is 1. The Labute approximate surface area is 124 Å². The van der Waals surface area contributed by atoms with E-state index < -0.39 is 10.0 Å². The number of rotatable bonds is 3. The molecule has 1 amide bonds. The highest BCUT2D eigenvalue weighted by Crippen LogP contribution is 2.36. The number of benzene rings is 1. The Morgan fingerprint density at radius 1 is 1.48 bits per heavy atom. The molecule has 1 unspecified atom stereocenters. The molecule has 0 radical (unpaired) electrons. The van der Waals surface area contributed by atoms with Gasteiger partial charge in [-0.2, -0.15) is 0 Å². The van der Waals surface area contributed by atoms with Crippen LogP contribution in [0.25, 0.3) is 0 Å². The fourth-order valence-corrected chi connectivity index (χ4v) is 2.77. The van der Waals surface area contributed by atoms with Crippen molar-refractivity contribution in [1.82, 2.24) is 0 Å². The van der Waals surface area contributed by atoms with Crippen LogP contribution in [0.2, 0.25) is 0 Å². The van der Waals surface area contributed by atoms with Crippen molar-refractivity contribution in [3.63, 3.8) is 0 Å². The van der Waals surface area contributed by atoms with Crippen molar-refractivity contribution < 1.29 is 17.9 Å². The molecule has 0 bridgehead atoms. The number of sulfonamides is 1. The van der Waals surface area contributed by atoms with Crippen LogP contribution in [0.15, 0.2) is 23.1 Å². The van der Waals surface area contributed by atoms with Gasteiger partial charge in [-0.25, -0.2) is 13.6 Å². The highest BCUT2D eigenvalue weighted by molar-refractivity contribution is 7.89. The second kappa shape index (κ2) is 5.65. The van der Waals surface area contributed by atoms with Crippen molar-refractivity contribution in [2.75, 3.05) is 11.4 Å². The molecule has 0 spiro atoms. The van der Waals surface area contributed by atoms with Gasteiger partial charge in [-0.1, -0.05) is 20.8 Å². The first-order chi connectivity index (χ1) is 9.74. The molecule has 2 rings (SSSR count). The minimum absolute atomic E-state index is 0.0265. The third-order valence-electron chi connectivity index (χ3n) is 3.44. The molecule has 0 saturated heterocycles. The summed E-state index contributed by atoms with van der Waals surface area (Å²) >= 11 is 0. The van der Waals surface area contributed by atoms with Crippen LogP contribution in [0.3, 0.4) is 0 Å². The van der Waals surface area contributed by atoms with E-state index in [0.717, 1.165) is 6.42 Å². The number of anilines is 1. The van der Waals surface area contributed by atoms with E-state index >= 15 is 0 Å². The molecular formula is C14H20N2O4S. The van der Waals surface area contributed by atoms with E-state index in [-0.39, 0.29) is 22.8 Å². The molecule has 1 atom stereocenters. The Balaban J connectivity index is 2.52. The zero-order chi connectivity index (χ0) is 15.8. The average Bonchev–Trinajstić information content (AvgIpc) is 2.43. The highest BCUT2D eigenvalue weighted by Gasteiger charge is 2.31. The number of primary sulfonamides is 1. The van der Waals surface area contributed by atoms with E-state index in [2.05, 4.69) is 0 Å². The number of hydrogen-bond donors (Lipinski definition) is 1. The van der Waals surface area contributed by atoms with Gasteiger partial charge in [0, 0.05) is 5.92 Å². The molecule has 7 heteroatoms. The van der Waals surface area contributed by atoms with E-state index in [0.29, 0.717) is 18.0 Å². The number of nitrogens with zero attached hydrogens (tertiary/aromatic N) is 1. The van der Waals surface area contributed by atoms with E-state index in [9.17, 15) is 13.2 Å². The van der Waals surface area contributed by atoms with E-state index in [1.54, 1.807) is 11.0 Å². The van der Waals surface area contributed by atoms with Gasteiger partial charge in [0.1, 0.15) is 11.9 Å². The summed E-state index contributed by atoms with van der Waals surface area (Å²) in [5, 5.41) is 5.15. The van der Waals surface area contributed by atoms with E-state index in [1.807, 2.05) is 20.8 Å². The van der Waals surface area contributed by atoms with Crippen LogP contribution < -0.4 is 14.8 Å². The van der Waals surface area contributed by atoms with Gasteiger partial charge in [0.25, 0.3) is 0 Å². The fraction of sp³-hybridized carbons (Fsp3) is 0.500. The zero-order valence-electron chi connectivity index (χ0n) is 12.4. The first kappa shape index (κ1) is 15.8. The van der Waals surface area contributed by atoms with Gasteiger partial charge in [-0.15, -0.1) is 0 Å². The number of carbonyl (C=O) groups is 1. The molecule has 116 valence electrons. The predicted octanol–water partition coefficient (Wildman–Crippen LogP) is 1.49. The smallest absolute Gasteiger partial charge is 0.238 e.